The van der Waals surface area contributed by atoms with Crippen LogP contribution in [0.15, 0.2) is 53.0 Å². The molecule has 19 heavy (non-hydrogen) atoms. The average molecular weight is 319 g/mol. The zero-order valence-corrected chi connectivity index (χ0v) is 12.7. The Morgan fingerprint density at radius 3 is 2.53 bits per heavy atom. The van der Waals surface area contributed by atoms with Crippen LogP contribution in [0.2, 0.25) is 0 Å². The second-order valence-electron chi connectivity index (χ2n) is 4.74. The molecule has 3 N–H and O–H groups in total. The smallest absolute Gasteiger partial charge is 0.0465 e. The molecule has 0 aliphatic rings. The summed E-state index contributed by atoms with van der Waals surface area (Å²) in [5.41, 5.74) is 6.80. The minimum absolute atomic E-state index is 0.188. The molecule has 0 bridgehead atoms. The summed E-state index contributed by atoms with van der Waals surface area (Å²) in [4.78, 5) is 0. The van der Waals surface area contributed by atoms with Crippen molar-refractivity contribution in [2.24, 2.45) is 5.84 Å². The first-order chi connectivity index (χ1) is 9.20. The molecule has 0 radical (unpaired) electrons. The van der Waals surface area contributed by atoms with Crippen LogP contribution in [0.25, 0.3) is 0 Å². The Balaban J connectivity index is 2.08. The fourth-order valence-electron chi connectivity index (χ4n) is 2.31. The summed E-state index contributed by atoms with van der Waals surface area (Å²) in [6.45, 7) is 2.12. The predicted molar refractivity (Wildman–Crippen MR) is 83.7 cm³/mol. The molecule has 100 valence electrons. The zero-order chi connectivity index (χ0) is 13.7. The standard InChI is InChI=1S/C16H19BrN2/c1-12-11-14(17)8-9-15(12)16(19-18)10-7-13-5-3-2-4-6-13/h2-6,8-9,11,16,19H,7,10,18H2,1H3. The maximum Gasteiger partial charge on any atom is 0.0465 e. The van der Waals surface area contributed by atoms with Crippen molar-refractivity contribution in [3.63, 3.8) is 0 Å². The molecule has 0 aromatic heterocycles. The minimum Gasteiger partial charge on any atom is -0.271 e. The number of aryl methyl sites for hydroxylation is 2. The quantitative estimate of drug-likeness (QED) is 0.648. The highest BCUT2D eigenvalue weighted by Gasteiger charge is 2.12. The average Bonchev–Trinajstić information content (AvgIpc) is 2.42. The van der Waals surface area contributed by atoms with Crippen molar-refractivity contribution in [2.45, 2.75) is 25.8 Å². The van der Waals surface area contributed by atoms with E-state index in [1.807, 2.05) is 6.07 Å². The van der Waals surface area contributed by atoms with Gasteiger partial charge < -0.3 is 0 Å². The summed E-state index contributed by atoms with van der Waals surface area (Å²) >= 11 is 3.49. The largest absolute Gasteiger partial charge is 0.271 e. The third-order valence-electron chi connectivity index (χ3n) is 3.37. The predicted octanol–water partition coefficient (Wildman–Crippen LogP) is 3.89. The molecule has 0 saturated carbocycles. The monoisotopic (exact) mass is 318 g/mol. The Bertz CT molecular complexity index is 526. The number of rotatable bonds is 5. The van der Waals surface area contributed by atoms with Crippen molar-refractivity contribution < 1.29 is 0 Å². The number of hydrogen-bond donors (Lipinski definition) is 2. The van der Waals surface area contributed by atoms with Gasteiger partial charge in [0.2, 0.25) is 0 Å². The van der Waals surface area contributed by atoms with Crippen LogP contribution in [0, 0.1) is 6.92 Å². The van der Waals surface area contributed by atoms with Crippen molar-refractivity contribution in [1.82, 2.24) is 5.43 Å². The summed E-state index contributed by atoms with van der Waals surface area (Å²) in [5.74, 6) is 5.71. The lowest BCUT2D eigenvalue weighted by atomic mass is 9.96. The Labute approximate surface area is 123 Å². The Kier molecular flexibility index (Phi) is 5.14. The summed E-state index contributed by atoms with van der Waals surface area (Å²) < 4.78 is 1.10. The summed E-state index contributed by atoms with van der Waals surface area (Å²) in [6.07, 6.45) is 2.01. The second kappa shape index (κ2) is 6.85. The van der Waals surface area contributed by atoms with Gasteiger partial charge in [0.1, 0.15) is 0 Å². The molecular formula is C16H19BrN2. The SMILES string of the molecule is Cc1cc(Br)ccc1C(CCc1ccccc1)NN. The molecule has 0 spiro atoms. The number of nitrogens with one attached hydrogen (secondary N) is 1. The highest BCUT2D eigenvalue weighted by atomic mass is 79.9. The molecule has 3 heteroatoms. The molecule has 0 amide bonds. The van der Waals surface area contributed by atoms with E-state index >= 15 is 0 Å². The maximum absolute atomic E-state index is 5.71. The van der Waals surface area contributed by atoms with Gasteiger partial charge in [-0.2, -0.15) is 0 Å². The molecule has 2 aromatic carbocycles. The topological polar surface area (TPSA) is 38.0 Å². The normalized spacial score (nSPS) is 12.4. The number of benzene rings is 2. The van der Waals surface area contributed by atoms with Gasteiger partial charge in [0, 0.05) is 10.5 Å². The Morgan fingerprint density at radius 1 is 1.16 bits per heavy atom. The van der Waals surface area contributed by atoms with Gasteiger partial charge in [-0.3, -0.25) is 11.3 Å². The Morgan fingerprint density at radius 2 is 1.89 bits per heavy atom. The molecule has 0 saturated heterocycles. The first kappa shape index (κ1) is 14.3. The number of halogens is 1. The maximum atomic E-state index is 5.71. The number of hydrogen-bond acceptors (Lipinski definition) is 2. The van der Waals surface area contributed by atoms with Gasteiger partial charge in [-0.1, -0.05) is 52.3 Å². The third kappa shape index (κ3) is 3.90. The van der Waals surface area contributed by atoms with Crippen molar-refractivity contribution in [2.75, 3.05) is 0 Å². The summed E-state index contributed by atoms with van der Waals surface area (Å²) in [6, 6.07) is 17.0. The van der Waals surface area contributed by atoms with Gasteiger partial charge in [0.15, 0.2) is 0 Å². The van der Waals surface area contributed by atoms with Crippen molar-refractivity contribution in [3.8, 4) is 0 Å². The van der Waals surface area contributed by atoms with E-state index in [0.717, 1.165) is 17.3 Å². The fraction of sp³-hybridized carbons (Fsp3) is 0.250. The van der Waals surface area contributed by atoms with Gasteiger partial charge in [-0.15, -0.1) is 0 Å². The molecule has 0 heterocycles. The Hall–Kier alpha value is -1.16. The van der Waals surface area contributed by atoms with E-state index in [4.69, 9.17) is 5.84 Å². The first-order valence-electron chi connectivity index (χ1n) is 6.47. The van der Waals surface area contributed by atoms with Crippen LogP contribution in [0.5, 0.6) is 0 Å². The third-order valence-corrected chi connectivity index (χ3v) is 3.87. The molecule has 0 aliphatic carbocycles. The number of nitrogens with two attached hydrogens (primary N) is 1. The minimum atomic E-state index is 0.188. The van der Waals surface area contributed by atoms with Gasteiger partial charge in [0.05, 0.1) is 0 Å². The first-order valence-corrected chi connectivity index (χ1v) is 7.26. The lowest BCUT2D eigenvalue weighted by molar-refractivity contribution is 0.514. The van der Waals surface area contributed by atoms with E-state index in [2.05, 4.69) is 70.7 Å². The van der Waals surface area contributed by atoms with Crippen LogP contribution in [0.1, 0.15) is 29.2 Å². The van der Waals surface area contributed by atoms with E-state index in [-0.39, 0.29) is 6.04 Å². The van der Waals surface area contributed by atoms with Crippen LogP contribution >= 0.6 is 15.9 Å². The number of hydrazine groups is 1. The molecule has 0 fully saturated rings. The fourth-order valence-corrected chi connectivity index (χ4v) is 2.79. The summed E-state index contributed by atoms with van der Waals surface area (Å²) in [5, 5.41) is 0. The van der Waals surface area contributed by atoms with E-state index in [0.29, 0.717) is 0 Å². The van der Waals surface area contributed by atoms with Crippen molar-refractivity contribution in [3.05, 3.63) is 69.7 Å². The molecule has 1 atom stereocenters. The summed E-state index contributed by atoms with van der Waals surface area (Å²) in [7, 11) is 0. The molecule has 2 nitrogen and oxygen atoms in total. The van der Waals surface area contributed by atoms with Gasteiger partial charge in [-0.05, 0) is 48.6 Å². The van der Waals surface area contributed by atoms with E-state index in [1.54, 1.807) is 0 Å². The van der Waals surface area contributed by atoms with E-state index in [1.165, 1.54) is 16.7 Å². The van der Waals surface area contributed by atoms with Crippen LogP contribution in [0.3, 0.4) is 0 Å². The van der Waals surface area contributed by atoms with Gasteiger partial charge >= 0.3 is 0 Å². The van der Waals surface area contributed by atoms with Gasteiger partial charge in [0.25, 0.3) is 0 Å². The van der Waals surface area contributed by atoms with Crippen molar-refractivity contribution in [1.29, 1.82) is 0 Å². The highest BCUT2D eigenvalue weighted by molar-refractivity contribution is 9.10. The van der Waals surface area contributed by atoms with E-state index < -0.39 is 0 Å². The zero-order valence-electron chi connectivity index (χ0n) is 11.1. The highest BCUT2D eigenvalue weighted by Crippen LogP contribution is 2.24. The molecule has 2 rings (SSSR count). The molecule has 0 aliphatic heterocycles. The molecule has 1 unspecified atom stereocenters. The molecular weight excluding hydrogens is 300 g/mol. The molecule has 2 aromatic rings. The van der Waals surface area contributed by atoms with E-state index in [9.17, 15) is 0 Å². The van der Waals surface area contributed by atoms with Crippen LogP contribution in [-0.4, -0.2) is 0 Å². The van der Waals surface area contributed by atoms with Gasteiger partial charge in [-0.25, -0.2) is 0 Å². The van der Waals surface area contributed by atoms with Crippen molar-refractivity contribution >= 4 is 15.9 Å². The van der Waals surface area contributed by atoms with Crippen LogP contribution in [0.4, 0.5) is 0 Å². The lowest BCUT2D eigenvalue weighted by Gasteiger charge is -2.19. The second-order valence-corrected chi connectivity index (χ2v) is 5.66. The lowest BCUT2D eigenvalue weighted by Crippen LogP contribution is -2.29. The van der Waals surface area contributed by atoms with Crippen LogP contribution < -0.4 is 11.3 Å². The van der Waals surface area contributed by atoms with Crippen LogP contribution in [-0.2, 0) is 6.42 Å².